The van der Waals surface area contributed by atoms with Gasteiger partial charge in [-0.25, -0.2) is 4.98 Å². The van der Waals surface area contributed by atoms with E-state index in [1.807, 2.05) is 0 Å². The molecule has 1 aromatic heterocycles. The summed E-state index contributed by atoms with van der Waals surface area (Å²) in [5, 5.41) is 3.14. The van der Waals surface area contributed by atoms with Gasteiger partial charge < -0.3 is 24.7 Å². The molecule has 1 atom stereocenters. The highest BCUT2D eigenvalue weighted by molar-refractivity contribution is 6.31. The highest BCUT2D eigenvalue weighted by atomic mass is 35.5. The molecule has 0 aliphatic carbocycles. The molecule has 2 amide bonds. The topological polar surface area (TPSA) is 96.6 Å². The first-order valence-corrected chi connectivity index (χ1v) is 10.6. The molecule has 180 valence electrons. The average Bonchev–Trinajstić information content (AvgIpc) is 3.21. The van der Waals surface area contributed by atoms with Gasteiger partial charge in [-0.05, 0) is 36.4 Å². The first-order chi connectivity index (χ1) is 16.2. The number of morpholine rings is 1. The van der Waals surface area contributed by atoms with E-state index in [1.54, 1.807) is 18.2 Å². The van der Waals surface area contributed by atoms with E-state index in [1.165, 1.54) is 13.2 Å². The first-order valence-electron chi connectivity index (χ1n) is 10.2. The largest absolute Gasteiger partial charge is 0.418 e. The van der Waals surface area contributed by atoms with E-state index in [0.717, 1.165) is 17.0 Å². The number of fused-ring (bicyclic) bond motifs is 1. The molecule has 34 heavy (non-hydrogen) atoms. The fourth-order valence-corrected chi connectivity index (χ4v) is 3.84. The van der Waals surface area contributed by atoms with E-state index in [0.29, 0.717) is 21.9 Å². The summed E-state index contributed by atoms with van der Waals surface area (Å²) >= 11 is 5.99. The molecular formula is C22H20ClF3N4O4. The Labute approximate surface area is 197 Å². The number of carbonyl (C=O) groups excluding carboxylic acids is 2. The van der Waals surface area contributed by atoms with Crippen LogP contribution in [0.1, 0.15) is 27.8 Å². The number of aromatic amines is 1. The third-order valence-corrected chi connectivity index (χ3v) is 5.51. The Bertz CT molecular complexity index is 1230. The van der Waals surface area contributed by atoms with Crippen LogP contribution in [0, 0.1) is 0 Å². The number of amides is 2. The molecule has 0 bridgehead atoms. The van der Waals surface area contributed by atoms with Crippen molar-refractivity contribution < 1.29 is 32.2 Å². The number of H-pyrrole nitrogens is 1. The molecule has 2 N–H and O–H groups in total. The summed E-state index contributed by atoms with van der Waals surface area (Å²) in [6.45, 7) is -0.182. The lowest BCUT2D eigenvalue weighted by Gasteiger charge is -2.29. The molecule has 2 heterocycles. The minimum absolute atomic E-state index is 0.0144. The van der Waals surface area contributed by atoms with Crippen molar-refractivity contribution in [3.63, 3.8) is 0 Å². The van der Waals surface area contributed by atoms with Crippen molar-refractivity contribution in [2.45, 2.75) is 12.2 Å². The van der Waals surface area contributed by atoms with E-state index < -0.39 is 29.6 Å². The number of anilines is 1. The van der Waals surface area contributed by atoms with Crippen LogP contribution in [0.3, 0.4) is 0 Å². The van der Waals surface area contributed by atoms with Crippen molar-refractivity contribution in [1.29, 1.82) is 0 Å². The summed E-state index contributed by atoms with van der Waals surface area (Å²) in [5.74, 6) is -0.982. The predicted molar refractivity (Wildman–Crippen MR) is 118 cm³/mol. The lowest BCUT2D eigenvalue weighted by Crippen LogP contribution is -2.42. The Morgan fingerprint density at radius 1 is 1.32 bits per heavy atom. The second-order valence-corrected chi connectivity index (χ2v) is 8.03. The minimum atomic E-state index is -4.78. The molecule has 3 aromatic rings. The fraction of sp³-hybridized carbons (Fsp3) is 0.318. The van der Waals surface area contributed by atoms with Crippen LogP contribution in [0.4, 0.5) is 18.9 Å². The lowest BCUT2D eigenvalue weighted by atomic mass is 10.1. The van der Waals surface area contributed by atoms with Crippen molar-refractivity contribution in [2.24, 2.45) is 0 Å². The predicted octanol–water partition coefficient (Wildman–Crippen LogP) is 3.72. The minimum Gasteiger partial charge on any atom is -0.382 e. The number of nitrogens with zero attached hydrogens (tertiary/aromatic N) is 2. The van der Waals surface area contributed by atoms with Gasteiger partial charge in [-0.1, -0.05) is 11.6 Å². The summed E-state index contributed by atoms with van der Waals surface area (Å²) in [6, 6.07) is 7.37. The summed E-state index contributed by atoms with van der Waals surface area (Å²) in [4.78, 5) is 33.5. The Balaban J connectivity index is 1.63. The molecule has 1 saturated heterocycles. The number of carbonyl (C=O) groups is 2. The monoisotopic (exact) mass is 496 g/mol. The zero-order valence-electron chi connectivity index (χ0n) is 17.9. The standard InChI is InChI=1S/C22H20ClF3N4O4/c1-33-10-17(20-27-15-4-3-13(23)9-16(15)28-20)29-21(32)12-2-5-18(14(8-12)22(24,25)26)30-6-7-34-11-19(30)31/h2-5,8-9,17H,6-7,10-11H2,1H3,(H,27,28)(H,29,32)/t17-/m0/s1. The van der Waals surface area contributed by atoms with Crippen LogP contribution in [0.25, 0.3) is 11.0 Å². The van der Waals surface area contributed by atoms with Crippen LogP contribution in [-0.2, 0) is 20.4 Å². The van der Waals surface area contributed by atoms with Crippen LogP contribution in [0.2, 0.25) is 5.02 Å². The second-order valence-electron chi connectivity index (χ2n) is 7.59. The Morgan fingerprint density at radius 3 is 2.82 bits per heavy atom. The molecule has 1 aliphatic rings. The molecule has 0 spiro atoms. The molecule has 12 heteroatoms. The van der Waals surface area contributed by atoms with Crippen molar-refractivity contribution in [3.8, 4) is 0 Å². The van der Waals surface area contributed by atoms with E-state index in [-0.39, 0.29) is 37.6 Å². The van der Waals surface area contributed by atoms with Crippen LogP contribution in [0.5, 0.6) is 0 Å². The normalized spacial score (nSPS) is 15.6. The Kier molecular flexibility index (Phi) is 6.78. The van der Waals surface area contributed by atoms with Gasteiger partial charge in [0.1, 0.15) is 18.5 Å². The fourth-order valence-electron chi connectivity index (χ4n) is 3.67. The van der Waals surface area contributed by atoms with Crippen LogP contribution in [-0.4, -0.2) is 55.3 Å². The highest BCUT2D eigenvalue weighted by Gasteiger charge is 2.37. The maximum atomic E-state index is 13.8. The molecule has 1 fully saturated rings. The number of ether oxygens (including phenoxy) is 2. The quantitative estimate of drug-likeness (QED) is 0.542. The number of nitrogens with one attached hydrogen (secondary N) is 2. The average molecular weight is 497 g/mol. The van der Waals surface area contributed by atoms with Crippen LogP contribution < -0.4 is 10.2 Å². The van der Waals surface area contributed by atoms with Gasteiger partial charge in [0.05, 0.1) is 35.5 Å². The van der Waals surface area contributed by atoms with E-state index in [2.05, 4.69) is 15.3 Å². The van der Waals surface area contributed by atoms with E-state index >= 15 is 0 Å². The van der Waals surface area contributed by atoms with Gasteiger partial charge in [0.15, 0.2) is 0 Å². The van der Waals surface area contributed by atoms with Crippen molar-refractivity contribution in [2.75, 3.05) is 38.4 Å². The number of aromatic nitrogens is 2. The second kappa shape index (κ2) is 9.61. The molecule has 4 rings (SSSR count). The molecule has 2 aromatic carbocycles. The summed E-state index contributed by atoms with van der Waals surface area (Å²) < 4.78 is 51.6. The number of hydrogen-bond acceptors (Lipinski definition) is 5. The first kappa shape index (κ1) is 24.0. The van der Waals surface area contributed by atoms with Gasteiger partial charge in [0.2, 0.25) is 0 Å². The van der Waals surface area contributed by atoms with E-state index in [9.17, 15) is 22.8 Å². The van der Waals surface area contributed by atoms with Gasteiger partial charge in [0, 0.05) is 24.2 Å². The van der Waals surface area contributed by atoms with E-state index in [4.69, 9.17) is 21.1 Å². The molecule has 8 nitrogen and oxygen atoms in total. The summed E-state index contributed by atoms with van der Waals surface area (Å²) in [7, 11) is 1.43. The Hall–Kier alpha value is -3.15. The number of methoxy groups -OCH3 is 1. The zero-order valence-corrected chi connectivity index (χ0v) is 18.7. The van der Waals surface area contributed by atoms with Gasteiger partial charge in [-0.2, -0.15) is 13.2 Å². The molecular weight excluding hydrogens is 477 g/mol. The van der Waals surface area contributed by atoms with Gasteiger partial charge in [0.25, 0.3) is 11.8 Å². The third kappa shape index (κ3) is 5.01. The molecule has 0 radical (unpaired) electrons. The molecule has 0 saturated carbocycles. The number of halogens is 4. The smallest absolute Gasteiger partial charge is 0.382 e. The molecule has 1 aliphatic heterocycles. The SMILES string of the molecule is COC[C@H](NC(=O)c1ccc(N2CCOCC2=O)c(C(F)(F)F)c1)c1nc2cc(Cl)ccc2[nH]1. The number of alkyl halides is 3. The Morgan fingerprint density at radius 2 is 2.12 bits per heavy atom. The number of benzene rings is 2. The van der Waals surface area contributed by atoms with Gasteiger partial charge in [-0.3, -0.25) is 9.59 Å². The molecule has 0 unspecified atom stereocenters. The lowest BCUT2D eigenvalue weighted by molar-refractivity contribution is -0.137. The summed E-state index contributed by atoms with van der Waals surface area (Å²) in [5.41, 5.74) is -0.389. The maximum absolute atomic E-state index is 13.8. The number of rotatable bonds is 6. The van der Waals surface area contributed by atoms with Crippen molar-refractivity contribution in [3.05, 3.63) is 58.4 Å². The summed E-state index contributed by atoms with van der Waals surface area (Å²) in [6.07, 6.45) is -4.78. The van der Waals surface area contributed by atoms with Crippen LogP contribution >= 0.6 is 11.6 Å². The van der Waals surface area contributed by atoms with Gasteiger partial charge >= 0.3 is 6.18 Å². The van der Waals surface area contributed by atoms with Crippen LogP contribution in [0.15, 0.2) is 36.4 Å². The third-order valence-electron chi connectivity index (χ3n) is 5.27. The maximum Gasteiger partial charge on any atom is 0.418 e. The van der Waals surface area contributed by atoms with Gasteiger partial charge in [-0.15, -0.1) is 0 Å². The highest BCUT2D eigenvalue weighted by Crippen LogP contribution is 2.38. The number of hydrogen-bond donors (Lipinski definition) is 2. The van der Waals surface area contributed by atoms with Crippen molar-refractivity contribution in [1.82, 2.24) is 15.3 Å². The number of imidazole rings is 1. The zero-order chi connectivity index (χ0) is 24.5. The van der Waals surface area contributed by atoms with Crippen molar-refractivity contribution >= 4 is 40.1 Å².